The molecular weight excluding hydrogens is 642 g/mol. The molecule has 0 radical (unpaired) electrons. The average Bonchev–Trinajstić information content (AvgIpc) is 3.95. The van der Waals surface area contributed by atoms with E-state index in [-0.39, 0.29) is 35.7 Å². The molecule has 4 atom stereocenters. The Hall–Kier alpha value is -4.93. The first-order chi connectivity index (χ1) is 24.5. The lowest BCUT2D eigenvalue weighted by Crippen LogP contribution is -2.51. The maximum Gasteiger partial charge on any atom is 0.407 e. The predicted octanol–water partition coefficient (Wildman–Crippen LogP) is 7.21. The third-order valence-electron chi connectivity index (χ3n) is 10.5. The fourth-order valence-corrected chi connectivity index (χ4v) is 7.17. The molecule has 0 bridgehead atoms. The van der Waals surface area contributed by atoms with Crippen molar-refractivity contribution in [2.24, 2.45) is 17.8 Å². The number of benzene rings is 2. The maximum atomic E-state index is 13.5. The topological polar surface area (TPSA) is 136 Å². The number of nitrogens with zero attached hydrogens (tertiary/aromatic N) is 4. The van der Waals surface area contributed by atoms with Gasteiger partial charge in [0, 0.05) is 19.0 Å². The fraction of sp³-hybridized carbons (Fsp3) is 0.475. The number of likely N-dealkylation sites (tertiary alicyclic amines) is 2. The standard InChI is InChI=1S/C40H51N7O4/c1-24(2)26(5)38(48)46-20-8-12-33(46)36-41-23-32(44-36)29-17-14-27(15-18-29)10-7-11-28-16-19-30-31(22-28)43-37(42-30)34-13-9-21-47(34)39(49)35(25(3)4)45-40(50)51-6/h7,10,14-19,22-26,33-35H,8-9,11-13,20-21H2,1-6H3,(H,41,44)(H,42,43)(H,45,50)/t26-,33-,34-,35-/m0/s1. The fourth-order valence-electron chi connectivity index (χ4n) is 7.17. The number of allylic oxidation sites excluding steroid dienone is 1. The van der Waals surface area contributed by atoms with Crippen LogP contribution in [0.3, 0.4) is 0 Å². The molecule has 3 N–H and O–H groups in total. The summed E-state index contributed by atoms with van der Waals surface area (Å²) in [5.74, 6) is 1.94. The summed E-state index contributed by atoms with van der Waals surface area (Å²) in [6.45, 7) is 11.4. The van der Waals surface area contributed by atoms with E-state index in [1.807, 2.05) is 42.8 Å². The molecular formula is C40H51N7O4. The molecule has 0 aliphatic carbocycles. The summed E-state index contributed by atoms with van der Waals surface area (Å²) in [7, 11) is 1.30. The number of hydrogen-bond donors (Lipinski definition) is 3. The Morgan fingerprint density at radius 1 is 0.902 bits per heavy atom. The second-order valence-corrected chi connectivity index (χ2v) is 14.7. The number of carbonyl (C=O) groups is 3. The van der Waals surface area contributed by atoms with Gasteiger partial charge in [-0.25, -0.2) is 14.8 Å². The number of H-pyrrole nitrogens is 2. The van der Waals surface area contributed by atoms with Crippen molar-refractivity contribution in [1.82, 2.24) is 35.1 Å². The van der Waals surface area contributed by atoms with Crippen LogP contribution in [0.15, 0.2) is 54.7 Å². The molecule has 2 fully saturated rings. The molecule has 2 aliphatic heterocycles. The van der Waals surface area contributed by atoms with Gasteiger partial charge in [0.2, 0.25) is 11.8 Å². The van der Waals surface area contributed by atoms with Gasteiger partial charge in [-0.3, -0.25) is 9.59 Å². The van der Waals surface area contributed by atoms with Crippen molar-refractivity contribution in [2.45, 2.75) is 84.8 Å². The lowest BCUT2D eigenvalue weighted by atomic mass is 9.96. The van der Waals surface area contributed by atoms with Crippen molar-refractivity contribution in [3.63, 3.8) is 0 Å². The van der Waals surface area contributed by atoms with Crippen molar-refractivity contribution in [1.29, 1.82) is 0 Å². The number of rotatable bonds is 11. The van der Waals surface area contributed by atoms with Crippen molar-refractivity contribution < 1.29 is 19.1 Å². The van der Waals surface area contributed by atoms with Gasteiger partial charge in [0.05, 0.1) is 42.1 Å². The monoisotopic (exact) mass is 693 g/mol. The molecule has 2 saturated heterocycles. The number of aromatic amines is 2. The second-order valence-electron chi connectivity index (χ2n) is 14.7. The lowest BCUT2D eigenvalue weighted by Gasteiger charge is -2.29. The van der Waals surface area contributed by atoms with Crippen LogP contribution in [-0.2, 0) is 20.7 Å². The number of fused-ring (bicyclic) bond motifs is 1. The Labute approximate surface area is 300 Å². The Balaban J connectivity index is 1.08. The molecule has 11 heteroatoms. The van der Waals surface area contributed by atoms with E-state index in [4.69, 9.17) is 14.7 Å². The molecule has 4 heterocycles. The summed E-state index contributed by atoms with van der Waals surface area (Å²) in [5, 5.41) is 2.71. The van der Waals surface area contributed by atoms with Crippen LogP contribution < -0.4 is 5.32 Å². The average molecular weight is 694 g/mol. The minimum absolute atomic E-state index is 0.00265. The number of methoxy groups -OCH3 is 1. The SMILES string of the molecule is COC(=O)N[C@H](C(=O)N1CCC[C@H]1c1nc2cc(CC=Cc3ccc(-c4cnc([C@@H]5CCCN5C(=O)[C@@H](C)C(C)C)[nH]4)cc3)ccc2[nH]1)C(C)C. The van der Waals surface area contributed by atoms with E-state index in [1.54, 1.807) is 0 Å². The zero-order valence-electron chi connectivity index (χ0n) is 30.6. The molecule has 3 amide bonds. The van der Waals surface area contributed by atoms with E-state index in [1.165, 1.54) is 7.11 Å². The van der Waals surface area contributed by atoms with Crippen LogP contribution in [0.25, 0.3) is 28.4 Å². The molecule has 0 saturated carbocycles. The van der Waals surface area contributed by atoms with E-state index < -0.39 is 12.1 Å². The maximum absolute atomic E-state index is 13.5. The molecule has 0 spiro atoms. The van der Waals surface area contributed by atoms with Gasteiger partial charge in [-0.05, 0) is 72.8 Å². The first-order valence-corrected chi connectivity index (χ1v) is 18.3. The molecule has 11 nitrogen and oxygen atoms in total. The molecule has 0 unspecified atom stereocenters. The van der Waals surface area contributed by atoms with Gasteiger partial charge in [-0.15, -0.1) is 0 Å². The highest BCUT2D eigenvalue weighted by molar-refractivity contribution is 5.86. The quantitative estimate of drug-likeness (QED) is 0.152. The van der Waals surface area contributed by atoms with Crippen LogP contribution in [0.5, 0.6) is 0 Å². The van der Waals surface area contributed by atoms with Gasteiger partial charge in [-0.2, -0.15) is 0 Å². The third-order valence-corrected chi connectivity index (χ3v) is 10.5. The predicted molar refractivity (Wildman–Crippen MR) is 198 cm³/mol. The Bertz CT molecular complexity index is 1870. The summed E-state index contributed by atoms with van der Waals surface area (Å²) < 4.78 is 4.76. The summed E-state index contributed by atoms with van der Waals surface area (Å²) in [4.78, 5) is 59.0. The van der Waals surface area contributed by atoms with Gasteiger partial charge < -0.3 is 29.8 Å². The van der Waals surface area contributed by atoms with Crippen molar-refractivity contribution >= 4 is 35.0 Å². The molecule has 2 aromatic carbocycles. The minimum Gasteiger partial charge on any atom is -0.453 e. The van der Waals surface area contributed by atoms with Crippen LogP contribution in [0.4, 0.5) is 4.79 Å². The number of aromatic nitrogens is 4. The van der Waals surface area contributed by atoms with E-state index in [9.17, 15) is 14.4 Å². The summed E-state index contributed by atoms with van der Waals surface area (Å²) in [6.07, 6.45) is 9.89. The number of nitrogens with one attached hydrogen (secondary N) is 3. The van der Waals surface area contributed by atoms with E-state index in [0.29, 0.717) is 12.5 Å². The van der Waals surface area contributed by atoms with Gasteiger partial charge >= 0.3 is 6.09 Å². The van der Waals surface area contributed by atoms with Crippen molar-refractivity contribution in [3.8, 4) is 11.3 Å². The molecule has 2 aromatic heterocycles. The normalized spacial score (nSPS) is 19.1. The van der Waals surface area contributed by atoms with Crippen molar-refractivity contribution in [2.75, 3.05) is 20.2 Å². The first-order valence-electron chi connectivity index (χ1n) is 18.3. The molecule has 6 rings (SSSR count). The van der Waals surface area contributed by atoms with Gasteiger partial charge in [-0.1, -0.05) is 77.1 Å². The van der Waals surface area contributed by atoms with E-state index in [0.717, 1.165) is 83.7 Å². The Kier molecular flexibility index (Phi) is 10.9. The number of carbonyl (C=O) groups excluding carboxylic acids is 3. The van der Waals surface area contributed by atoms with Crippen LogP contribution >= 0.6 is 0 Å². The van der Waals surface area contributed by atoms with Gasteiger partial charge in [0.1, 0.15) is 17.7 Å². The minimum atomic E-state index is -0.667. The Morgan fingerprint density at radius 2 is 1.59 bits per heavy atom. The van der Waals surface area contributed by atoms with Crippen LogP contribution in [0, 0.1) is 17.8 Å². The largest absolute Gasteiger partial charge is 0.453 e. The highest BCUT2D eigenvalue weighted by Gasteiger charge is 2.38. The number of imidazole rings is 2. The smallest absolute Gasteiger partial charge is 0.407 e. The highest BCUT2D eigenvalue weighted by Crippen LogP contribution is 2.35. The summed E-state index contributed by atoms with van der Waals surface area (Å²) in [6, 6.07) is 13.8. The summed E-state index contributed by atoms with van der Waals surface area (Å²) in [5.41, 5.74) is 6.04. The third kappa shape index (κ3) is 7.87. The number of amides is 3. The second kappa shape index (κ2) is 15.5. The van der Waals surface area contributed by atoms with E-state index >= 15 is 0 Å². The van der Waals surface area contributed by atoms with Crippen LogP contribution in [-0.4, -0.2) is 73.9 Å². The Morgan fingerprint density at radius 3 is 2.25 bits per heavy atom. The zero-order chi connectivity index (χ0) is 36.2. The molecule has 270 valence electrons. The lowest BCUT2D eigenvalue weighted by molar-refractivity contribution is -0.137. The molecule has 4 aromatic rings. The van der Waals surface area contributed by atoms with Crippen LogP contribution in [0.2, 0.25) is 0 Å². The zero-order valence-corrected chi connectivity index (χ0v) is 30.6. The number of alkyl carbamates (subject to hydrolysis) is 1. The van der Waals surface area contributed by atoms with Crippen molar-refractivity contribution in [3.05, 3.63) is 77.5 Å². The highest BCUT2D eigenvalue weighted by atomic mass is 16.5. The van der Waals surface area contributed by atoms with Gasteiger partial charge in [0.25, 0.3) is 0 Å². The summed E-state index contributed by atoms with van der Waals surface area (Å²) >= 11 is 0. The number of ether oxygens (including phenoxy) is 1. The van der Waals surface area contributed by atoms with Gasteiger partial charge in [0.15, 0.2) is 0 Å². The molecule has 2 aliphatic rings. The van der Waals surface area contributed by atoms with E-state index in [2.05, 4.69) is 77.7 Å². The molecule has 51 heavy (non-hydrogen) atoms. The first kappa shape index (κ1) is 35.9. The number of hydrogen-bond acceptors (Lipinski definition) is 6. The van der Waals surface area contributed by atoms with Crippen LogP contribution in [0.1, 0.15) is 95.2 Å².